The van der Waals surface area contributed by atoms with Gasteiger partial charge in [-0.3, -0.25) is 4.79 Å². The minimum atomic E-state index is -0.00564. The van der Waals surface area contributed by atoms with Crippen molar-refractivity contribution in [2.45, 2.75) is 57.7 Å². The molecular formula is C10H21NOS. The molecule has 1 N–H and O–H groups in total. The summed E-state index contributed by atoms with van der Waals surface area (Å²) in [5.74, 6) is 0.128. The van der Waals surface area contributed by atoms with E-state index in [9.17, 15) is 4.79 Å². The fourth-order valence-electron chi connectivity index (χ4n) is 0.954. The summed E-state index contributed by atoms with van der Waals surface area (Å²) in [6.45, 7) is 8.10. The molecule has 0 saturated carbocycles. The van der Waals surface area contributed by atoms with E-state index in [1.54, 1.807) is 0 Å². The maximum atomic E-state index is 11.3. The van der Waals surface area contributed by atoms with Gasteiger partial charge in [-0.05, 0) is 26.7 Å². The molecule has 2 nitrogen and oxygen atoms in total. The summed E-state index contributed by atoms with van der Waals surface area (Å²) in [7, 11) is 0. The molecule has 0 heterocycles. The first kappa shape index (κ1) is 12.8. The van der Waals surface area contributed by atoms with E-state index in [4.69, 9.17) is 0 Å². The molecule has 13 heavy (non-hydrogen) atoms. The highest BCUT2D eigenvalue weighted by Gasteiger charge is 2.17. The minimum Gasteiger partial charge on any atom is -0.354 e. The van der Waals surface area contributed by atoms with Gasteiger partial charge in [-0.2, -0.15) is 12.6 Å². The zero-order chi connectivity index (χ0) is 10.5. The van der Waals surface area contributed by atoms with Crippen molar-refractivity contribution < 1.29 is 4.79 Å². The Morgan fingerprint density at radius 2 is 2.08 bits per heavy atom. The molecule has 0 radical (unpaired) electrons. The van der Waals surface area contributed by atoms with Gasteiger partial charge < -0.3 is 5.32 Å². The van der Waals surface area contributed by atoms with Crippen LogP contribution in [0.4, 0.5) is 0 Å². The molecule has 0 rings (SSSR count). The standard InChI is InChI=1S/C10H21NOS/c1-5-10(4,13)7-6-9(12)11-8(2)3/h8,13H,5-7H2,1-4H3,(H,11,12). The normalized spacial score (nSPS) is 15.5. The van der Waals surface area contributed by atoms with Crippen molar-refractivity contribution in [1.82, 2.24) is 5.32 Å². The molecule has 1 unspecified atom stereocenters. The Labute approximate surface area is 86.9 Å². The third-order valence-electron chi connectivity index (χ3n) is 2.10. The Morgan fingerprint density at radius 1 is 1.54 bits per heavy atom. The van der Waals surface area contributed by atoms with Crippen LogP contribution >= 0.6 is 12.6 Å². The van der Waals surface area contributed by atoms with Crippen molar-refractivity contribution in [1.29, 1.82) is 0 Å². The number of hydrogen-bond acceptors (Lipinski definition) is 2. The number of thiol groups is 1. The molecule has 0 saturated heterocycles. The molecule has 0 aliphatic carbocycles. The summed E-state index contributed by atoms with van der Waals surface area (Å²) in [6, 6.07) is 0.236. The highest BCUT2D eigenvalue weighted by molar-refractivity contribution is 7.81. The highest BCUT2D eigenvalue weighted by atomic mass is 32.1. The topological polar surface area (TPSA) is 29.1 Å². The molecule has 0 aromatic carbocycles. The first-order chi connectivity index (χ1) is 5.87. The second-order valence-electron chi connectivity index (χ2n) is 4.07. The van der Waals surface area contributed by atoms with Gasteiger partial charge in [0.1, 0.15) is 0 Å². The van der Waals surface area contributed by atoms with Gasteiger partial charge in [0.2, 0.25) is 5.91 Å². The van der Waals surface area contributed by atoms with E-state index in [0.717, 1.165) is 12.8 Å². The van der Waals surface area contributed by atoms with Crippen molar-refractivity contribution >= 4 is 18.5 Å². The molecule has 0 spiro atoms. The Morgan fingerprint density at radius 3 is 2.46 bits per heavy atom. The molecule has 0 aliphatic heterocycles. The van der Waals surface area contributed by atoms with Crippen LogP contribution in [0.2, 0.25) is 0 Å². The second-order valence-corrected chi connectivity index (χ2v) is 5.15. The number of carbonyl (C=O) groups is 1. The van der Waals surface area contributed by atoms with Crippen molar-refractivity contribution in [3.8, 4) is 0 Å². The van der Waals surface area contributed by atoms with Crippen LogP contribution in [0, 0.1) is 0 Å². The summed E-state index contributed by atoms with van der Waals surface area (Å²) >= 11 is 4.47. The molecule has 0 aromatic rings. The monoisotopic (exact) mass is 203 g/mol. The van der Waals surface area contributed by atoms with Crippen molar-refractivity contribution in [3.05, 3.63) is 0 Å². The lowest BCUT2D eigenvalue weighted by Crippen LogP contribution is -2.31. The van der Waals surface area contributed by atoms with E-state index in [0.29, 0.717) is 6.42 Å². The molecule has 0 aromatic heterocycles. The maximum absolute atomic E-state index is 11.3. The number of nitrogens with one attached hydrogen (secondary N) is 1. The van der Waals surface area contributed by atoms with Crippen molar-refractivity contribution in [2.75, 3.05) is 0 Å². The van der Waals surface area contributed by atoms with Crippen LogP contribution in [0.25, 0.3) is 0 Å². The molecule has 0 bridgehead atoms. The van der Waals surface area contributed by atoms with Gasteiger partial charge in [-0.1, -0.05) is 13.8 Å². The van der Waals surface area contributed by atoms with E-state index in [1.807, 2.05) is 13.8 Å². The number of hydrogen-bond donors (Lipinski definition) is 2. The van der Waals surface area contributed by atoms with Gasteiger partial charge in [0.25, 0.3) is 0 Å². The molecular weight excluding hydrogens is 182 g/mol. The van der Waals surface area contributed by atoms with Crippen LogP contribution in [0.5, 0.6) is 0 Å². The first-order valence-corrected chi connectivity index (χ1v) is 5.34. The predicted octanol–water partition coefficient (Wildman–Crippen LogP) is 2.39. The third-order valence-corrected chi connectivity index (χ3v) is 2.64. The Hall–Kier alpha value is -0.180. The Kier molecular flexibility index (Phi) is 5.45. The van der Waals surface area contributed by atoms with E-state index in [2.05, 4.69) is 31.8 Å². The fraction of sp³-hybridized carbons (Fsp3) is 0.900. The lowest BCUT2D eigenvalue weighted by molar-refractivity contribution is -0.121. The summed E-state index contributed by atoms with van der Waals surface area (Å²) in [5.41, 5.74) is 0. The van der Waals surface area contributed by atoms with Gasteiger partial charge in [-0.15, -0.1) is 0 Å². The molecule has 78 valence electrons. The van der Waals surface area contributed by atoms with Crippen LogP contribution in [0.3, 0.4) is 0 Å². The lowest BCUT2D eigenvalue weighted by atomic mass is 10.0. The molecule has 1 atom stereocenters. The fourth-order valence-corrected chi connectivity index (χ4v) is 1.07. The van der Waals surface area contributed by atoms with E-state index in [1.165, 1.54) is 0 Å². The van der Waals surface area contributed by atoms with E-state index < -0.39 is 0 Å². The van der Waals surface area contributed by atoms with Crippen LogP contribution in [-0.4, -0.2) is 16.7 Å². The summed E-state index contributed by atoms with van der Waals surface area (Å²) in [5, 5.41) is 2.87. The third kappa shape index (κ3) is 6.94. The zero-order valence-corrected chi connectivity index (χ0v) is 9.95. The molecule has 1 amide bonds. The van der Waals surface area contributed by atoms with Crippen LogP contribution in [0.1, 0.15) is 47.0 Å². The van der Waals surface area contributed by atoms with Gasteiger partial charge in [0.05, 0.1) is 0 Å². The van der Waals surface area contributed by atoms with Gasteiger partial charge in [-0.25, -0.2) is 0 Å². The lowest BCUT2D eigenvalue weighted by Gasteiger charge is -2.21. The molecule has 3 heteroatoms. The second kappa shape index (κ2) is 5.53. The van der Waals surface area contributed by atoms with Crippen LogP contribution in [0.15, 0.2) is 0 Å². The highest BCUT2D eigenvalue weighted by Crippen LogP contribution is 2.23. The summed E-state index contributed by atoms with van der Waals surface area (Å²) in [6.07, 6.45) is 2.41. The average Bonchev–Trinajstić information content (AvgIpc) is 2.00. The quantitative estimate of drug-likeness (QED) is 0.660. The summed E-state index contributed by atoms with van der Waals surface area (Å²) < 4.78 is -0.00564. The van der Waals surface area contributed by atoms with Crippen LogP contribution < -0.4 is 5.32 Å². The smallest absolute Gasteiger partial charge is 0.220 e. The molecule has 0 fully saturated rings. The van der Waals surface area contributed by atoms with E-state index >= 15 is 0 Å². The van der Waals surface area contributed by atoms with Crippen molar-refractivity contribution in [2.24, 2.45) is 0 Å². The van der Waals surface area contributed by atoms with Gasteiger partial charge in [0.15, 0.2) is 0 Å². The summed E-state index contributed by atoms with van der Waals surface area (Å²) in [4.78, 5) is 11.3. The largest absolute Gasteiger partial charge is 0.354 e. The Bertz CT molecular complexity index is 166. The minimum absolute atomic E-state index is 0.00564. The SMILES string of the molecule is CCC(C)(S)CCC(=O)NC(C)C. The van der Waals surface area contributed by atoms with Crippen molar-refractivity contribution in [3.63, 3.8) is 0 Å². The van der Waals surface area contributed by atoms with Crippen LogP contribution in [-0.2, 0) is 4.79 Å². The maximum Gasteiger partial charge on any atom is 0.220 e. The van der Waals surface area contributed by atoms with Gasteiger partial charge in [0, 0.05) is 17.2 Å². The zero-order valence-electron chi connectivity index (χ0n) is 9.05. The number of rotatable bonds is 5. The first-order valence-electron chi connectivity index (χ1n) is 4.89. The number of amides is 1. The van der Waals surface area contributed by atoms with E-state index in [-0.39, 0.29) is 16.7 Å². The predicted molar refractivity (Wildman–Crippen MR) is 60.2 cm³/mol. The molecule has 0 aliphatic rings. The number of carbonyl (C=O) groups excluding carboxylic acids is 1. The van der Waals surface area contributed by atoms with Gasteiger partial charge >= 0.3 is 0 Å². The average molecular weight is 203 g/mol. The Balaban J connectivity index is 3.70.